The molecule has 4 nitrogen and oxygen atoms in total. The molecule has 0 spiro atoms. The van der Waals surface area contributed by atoms with Gasteiger partial charge in [-0.2, -0.15) is 0 Å². The molecule has 2 rings (SSSR count). The van der Waals surface area contributed by atoms with Crippen LogP contribution in [-0.4, -0.2) is 39.3 Å². The van der Waals surface area contributed by atoms with E-state index in [1.54, 1.807) is 0 Å². The number of guanidine groups is 1. The van der Waals surface area contributed by atoms with Crippen LogP contribution in [0.1, 0.15) is 31.7 Å². The summed E-state index contributed by atoms with van der Waals surface area (Å²) in [6.45, 7) is 5.70. The van der Waals surface area contributed by atoms with Gasteiger partial charge < -0.3 is 15.4 Å². The van der Waals surface area contributed by atoms with Crippen LogP contribution in [0, 0.1) is 5.92 Å². The lowest BCUT2D eigenvalue weighted by Gasteiger charge is -2.19. The van der Waals surface area contributed by atoms with E-state index in [1.807, 2.05) is 7.05 Å². The van der Waals surface area contributed by atoms with Gasteiger partial charge in [-0.25, -0.2) is 0 Å². The van der Waals surface area contributed by atoms with E-state index >= 15 is 0 Å². The monoisotopic (exact) mass is 535 g/mol. The molecule has 1 atom stereocenters. The normalized spacial score (nSPS) is 15.7. The standard InChI is InChI=1S/C20H30BrN3O.HI/c1-3-16(13-18-5-4-6-19(21)14-18)15-24-20(22-2)23-10-7-17-8-11-25-12-9-17;/h4-6,8,14,16H,3,7,9-13,15H2,1-2H3,(H2,22,23,24);1H. The number of aliphatic imine (C=N–C) groups is 1. The molecule has 0 bridgehead atoms. The van der Waals surface area contributed by atoms with Crippen LogP contribution in [0.4, 0.5) is 0 Å². The van der Waals surface area contributed by atoms with Gasteiger partial charge in [-0.15, -0.1) is 24.0 Å². The molecule has 1 heterocycles. The van der Waals surface area contributed by atoms with Gasteiger partial charge in [-0.05, 0) is 42.9 Å². The van der Waals surface area contributed by atoms with Crippen LogP contribution in [0.5, 0.6) is 0 Å². The lowest BCUT2D eigenvalue weighted by Crippen LogP contribution is -2.40. The molecule has 0 aromatic heterocycles. The quantitative estimate of drug-likeness (QED) is 0.222. The maximum Gasteiger partial charge on any atom is 0.190 e. The Morgan fingerprint density at radius 3 is 2.85 bits per heavy atom. The van der Waals surface area contributed by atoms with E-state index in [-0.39, 0.29) is 24.0 Å². The van der Waals surface area contributed by atoms with E-state index in [1.165, 1.54) is 11.1 Å². The Balaban J connectivity index is 0.00000338. The zero-order chi connectivity index (χ0) is 17.9. The third kappa shape index (κ3) is 8.86. The van der Waals surface area contributed by atoms with E-state index in [2.05, 4.69) is 68.8 Å². The second-order valence-electron chi connectivity index (χ2n) is 6.43. The van der Waals surface area contributed by atoms with Crippen molar-refractivity contribution in [1.29, 1.82) is 0 Å². The Bertz CT molecular complexity index is 592. The second kappa shape index (κ2) is 13.6. The van der Waals surface area contributed by atoms with Crippen molar-refractivity contribution in [2.45, 2.75) is 32.6 Å². The summed E-state index contributed by atoms with van der Waals surface area (Å²) < 4.78 is 6.49. The number of nitrogens with one attached hydrogen (secondary N) is 2. The summed E-state index contributed by atoms with van der Waals surface area (Å²) in [5.74, 6) is 1.48. The summed E-state index contributed by atoms with van der Waals surface area (Å²) in [5, 5.41) is 6.89. The van der Waals surface area contributed by atoms with Crippen LogP contribution in [0.25, 0.3) is 0 Å². The number of hydrogen-bond donors (Lipinski definition) is 2. The molecule has 0 radical (unpaired) electrons. The highest BCUT2D eigenvalue weighted by atomic mass is 127. The van der Waals surface area contributed by atoms with Crippen molar-refractivity contribution in [3.8, 4) is 0 Å². The van der Waals surface area contributed by atoms with E-state index in [4.69, 9.17) is 4.74 Å². The second-order valence-corrected chi connectivity index (χ2v) is 7.34. The maximum absolute atomic E-state index is 5.35. The molecule has 0 saturated heterocycles. The molecule has 6 heteroatoms. The van der Waals surface area contributed by atoms with E-state index < -0.39 is 0 Å². The van der Waals surface area contributed by atoms with Crippen LogP contribution < -0.4 is 10.6 Å². The molecular weight excluding hydrogens is 505 g/mol. The molecule has 0 amide bonds. The topological polar surface area (TPSA) is 45.7 Å². The summed E-state index contributed by atoms with van der Waals surface area (Å²) in [7, 11) is 1.83. The number of hydrogen-bond acceptors (Lipinski definition) is 2. The highest BCUT2D eigenvalue weighted by Gasteiger charge is 2.09. The summed E-state index contributed by atoms with van der Waals surface area (Å²) >= 11 is 3.55. The van der Waals surface area contributed by atoms with Crippen molar-refractivity contribution < 1.29 is 4.74 Å². The van der Waals surface area contributed by atoms with Crippen molar-refractivity contribution in [2.75, 3.05) is 33.4 Å². The van der Waals surface area contributed by atoms with Gasteiger partial charge >= 0.3 is 0 Å². The Hall–Kier alpha value is -0.600. The minimum Gasteiger partial charge on any atom is -0.377 e. The van der Waals surface area contributed by atoms with Crippen molar-refractivity contribution in [3.05, 3.63) is 46.0 Å². The number of nitrogens with zero attached hydrogens (tertiary/aromatic N) is 1. The number of halogens is 2. The summed E-state index contributed by atoms with van der Waals surface area (Å²) in [5.41, 5.74) is 2.85. The van der Waals surface area contributed by atoms with Gasteiger partial charge in [-0.3, -0.25) is 4.99 Å². The van der Waals surface area contributed by atoms with E-state index in [0.29, 0.717) is 5.92 Å². The average Bonchev–Trinajstić information content (AvgIpc) is 2.64. The molecule has 0 fully saturated rings. The van der Waals surface area contributed by atoms with Gasteiger partial charge in [0.15, 0.2) is 5.96 Å². The molecule has 1 unspecified atom stereocenters. The molecule has 146 valence electrons. The fourth-order valence-corrected chi connectivity index (χ4v) is 3.40. The van der Waals surface area contributed by atoms with Crippen LogP contribution in [0.2, 0.25) is 0 Å². The fraction of sp³-hybridized carbons (Fsp3) is 0.550. The van der Waals surface area contributed by atoms with Gasteiger partial charge in [0, 0.05) is 24.6 Å². The predicted octanol–water partition coefficient (Wildman–Crippen LogP) is 4.54. The first-order valence-electron chi connectivity index (χ1n) is 9.16. The van der Waals surface area contributed by atoms with Crippen LogP contribution in [0.15, 0.2) is 45.4 Å². The van der Waals surface area contributed by atoms with Gasteiger partial charge in [-0.1, -0.05) is 53.1 Å². The third-order valence-electron chi connectivity index (χ3n) is 4.57. The van der Waals surface area contributed by atoms with Gasteiger partial charge in [0.2, 0.25) is 0 Å². The minimum atomic E-state index is 0. The zero-order valence-electron chi connectivity index (χ0n) is 15.8. The fourth-order valence-electron chi connectivity index (χ4n) is 2.95. The van der Waals surface area contributed by atoms with Gasteiger partial charge in [0.05, 0.1) is 13.2 Å². The molecule has 0 saturated carbocycles. The molecule has 1 aliphatic rings. The molecule has 1 aromatic rings. The third-order valence-corrected chi connectivity index (χ3v) is 5.06. The first-order valence-corrected chi connectivity index (χ1v) is 9.95. The van der Waals surface area contributed by atoms with Gasteiger partial charge in [0.25, 0.3) is 0 Å². The molecule has 1 aromatic carbocycles. The largest absolute Gasteiger partial charge is 0.377 e. The van der Waals surface area contributed by atoms with Crippen LogP contribution >= 0.6 is 39.9 Å². The van der Waals surface area contributed by atoms with Crippen LogP contribution in [-0.2, 0) is 11.2 Å². The molecule has 26 heavy (non-hydrogen) atoms. The Morgan fingerprint density at radius 1 is 1.35 bits per heavy atom. The Morgan fingerprint density at radius 2 is 2.19 bits per heavy atom. The molecule has 0 aliphatic carbocycles. The number of rotatable bonds is 8. The maximum atomic E-state index is 5.35. The lowest BCUT2D eigenvalue weighted by atomic mass is 9.97. The number of benzene rings is 1. The first kappa shape index (κ1) is 23.4. The summed E-state index contributed by atoms with van der Waals surface area (Å²) in [6.07, 6.45) is 6.53. The van der Waals surface area contributed by atoms with Crippen molar-refractivity contribution in [3.63, 3.8) is 0 Å². The molecule has 1 aliphatic heterocycles. The van der Waals surface area contributed by atoms with E-state index in [9.17, 15) is 0 Å². The average molecular weight is 536 g/mol. The van der Waals surface area contributed by atoms with Crippen molar-refractivity contribution >= 4 is 45.9 Å². The predicted molar refractivity (Wildman–Crippen MR) is 125 cm³/mol. The Labute approximate surface area is 183 Å². The highest BCUT2D eigenvalue weighted by Crippen LogP contribution is 2.16. The first-order chi connectivity index (χ1) is 12.2. The SMILES string of the molecule is CCC(CNC(=NC)NCCC1=CCOCC1)Cc1cccc(Br)c1.I. The van der Waals surface area contributed by atoms with Gasteiger partial charge in [0.1, 0.15) is 0 Å². The highest BCUT2D eigenvalue weighted by molar-refractivity contribution is 14.0. The van der Waals surface area contributed by atoms with Crippen LogP contribution in [0.3, 0.4) is 0 Å². The van der Waals surface area contributed by atoms with Crippen molar-refractivity contribution in [2.24, 2.45) is 10.9 Å². The minimum absolute atomic E-state index is 0. The zero-order valence-corrected chi connectivity index (χ0v) is 19.7. The molecular formula is C20H31BrIN3O. The Kier molecular flexibility index (Phi) is 12.2. The van der Waals surface area contributed by atoms with E-state index in [0.717, 1.165) is 62.4 Å². The summed E-state index contributed by atoms with van der Waals surface area (Å²) in [4.78, 5) is 4.34. The summed E-state index contributed by atoms with van der Waals surface area (Å²) in [6, 6.07) is 8.58. The molecule has 2 N–H and O–H groups in total. The number of ether oxygens (including phenoxy) is 1. The lowest BCUT2D eigenvalue weighted by molar-refractivity contribution is 0.153. The smallest absolute Gasteiger partial charge is 0.190 e. The van der Waals surface area contributed by atoms with Crippen molar-refractivity contribution in [1.82, 2.24) is 10.6 Å².